The molecule has 0 aromatic heterocycles. The van der Waals surface area contributed by atoms with E-state index in [0.29, 0.717) is 18.7 Å². The van der Waals surface area contributed by atoms with E-state index in [1.165, 1.54) is 19.1 Å². The van der Waals surface area contributed by atoms with Crippen molar-refractivity contribution in [1.82, 2.24) is 10.2 Å². The van der Waals surface area contributed by atoms with Crippen molar-refractivity contribution >= 4 is 6.03 Å². The predicted octanol–water partition coefficient (Wildman–Crippen LogP) is 5.77. The molecular formula is C38H46F6N2O9. The molecule has 3 aromatic carbocycles. The van der Waals surface area contributed by atoms with Crippen LogP contribution in [0, 0.1) is 0 Å². The Balaban J connectivity index is 1.83. The number of ether oxygens (including phenoxy) is 7. The van der Waals surface area contributed by atoms with Crippen LogP contribution in [-0.4, -0.2) is 114 Å². The fourth-order valence-electron chi connectivity index (χ4n) is 6.25. The Labute approximate surface area is 315 Å². The van der Waals surface area contributed by atoms with Gasteiger partial charge in [0.2, 0.25) is 0 Å². The number of hydrogen-bond donors (Lipinski definition) is 2. The molecule has 0 aliphatic carbocycles. The first-order valence-corrected chi connectivity index (χ1v) is 17.3. The summed E-state index contributed by atoms with van der Waals surface area (Å²) in [6.45, 7) is 0.104. The van der Waals surface area contributed by atoms with Gasteiger partial charge in [0.05, 0.1) is 52.2 Å². The van der Waals surface area contributed by atoms with Crippen LogP contribution in [0.3, 0.4) is 0 Å². The van der Waals surface area contributed by atoms with Gasteiger partial charge in [0.15, 0.2) is 0 Å². The van der Waals surface area contributed by atoms with Crippen molar-refractivity contribution in [2.24, 2.45) is 0 Å². The molecule has 1 aliphatic heterocycles. The minimum absolute atomic E-state index is 0.0446. The highest BCUT2D eigenvalue weighted by Gasteiger charge is 2.71. The lowest BCUT2D eigenvalue weighted by Crippen LogP contribution is -2.54. The number of carbonyl (C=O) groups excluding carboxylic acids is 1. The molecule has 2 amide bonds. The second-order valence-corrected chi connectivity index (χ2v) is 12.7. The molecule has 0 radical (unpaired) electrons. The summed E-state index contributed by atoms with van der Waals surface area (Å²) in [5, 5.41) is 13.1. The van der Waals surface area contributed by atoms with Crippen molar-refractivity contribution in [3.63, 3.8) is 0 Å². The normalized spacial score (nSPS) is 19.6. The standard InChI is InChI=1S/C38H46F6N2O9/c1-49-16-18-52-24-54-33-30(20-26-10-6-4-7-11-26)45-35(47)46(31(21-27-12-8-5-9-13-27)34(33)55-25-53-19-17-50-2)23-28-14-15-29(22-32(28)51-3)36(48,37(39,40)41)38(42,43)44/h4-15,22,30-31,33-34,48H,16-21,23-25H2,1-3H3,(H,45,47)/t30-,31-,33+,34+/m1/s1. The Morgan fingerprint density at radius 3 is 1.75 bits per heavy atom. The van der Waals surface area contributed by atoms with Gasteiger partial charge >= 0.3 is 18.4 Å². The van der Waals surface area contributed by atoms with Gasteiger partial charge < -0.3 is 48.5 Å². The average molecular weight is 789 g/mol. The summed E-state index contributed by atoms with van der Waals surface area (Å²) in [6, 6.07) is 18.1. The minimum Gasteiger partial charge on any atom is -0.496 e. The SMILES string of the molecule is COCCOCO[C@@H]1[C@@H](OCOCCOC)[C@@H](Cc2ccccc2)NC(=O)N(Cc2ccc(C(O)(C(F)(F)F)C(F)(F)F)cc2OC)[C@@H]1Cc1ccccc1. The lowest BCUT2D eigenvalue weighted by molar-refractivity contribution is -0.376. The Hall–Kier alpha value is -3.97. The number of nitrogens with zero attached hydrogens (tertiary/aromatic N) is 1. The van der Waals surface area contributed by atoms with E-state index in [1.54, 1.807) is 12.1 Å². The number of hydrogen-bond acceptors (Lipinski definition) is 9. The molecule has 304 valence electrons. The van der Waals surface area contributed by atoms with Gasteiger partial charge in [0, 0.05) is 25.3 Å². The molecule has 0 bridgehead atoms. The van der Waals surface area contributed by atoms with Crippen molar-refractivity contribution in [2.75, 3.05) is 61.3 Å². The summed E-state index contributed by atoms with van der Waals surface area (Å²) in [5.41, 5.74) is -5.02. The van der Waals surface area contributed by atoms with Crippen molar-refractivity contribution in [2.45, 2.75) is 61.6 Å². The molecule has 2 N–H and O–H groups in total. The van der Waals surface area contributed by atoms with Crippen LogP contribution in [0.1, 0.15) is 22.3 Å². The van der Waals surface area contributed by atoms with Crippen molar-refractivity contribution in [1.29, 1.82) is 0 Å². The smallest absolute Gasteiger partial charge is 0.430 e. The quantitative estimate of drug-likeness (QED) is 0.0837. The van der Waals surface area contributed by atoms with E-state index in [4.69, 9.17) is 33.2 Å². The maximum absolute atomic E-state index is 14.5. The molecule has 17 heteroatoms. The van der Waals surface area contributed by atoms with E-state index in [9.17, 15) is 36.2 Å². The zero-order valence-corrected chi connectivity index (χ0v) is 30.6. The van der Waals surface area contributed by atoms with Gasteiger partial charge in [-0.25, -0.2) is 4.79 Å². The summed E-state index contributed by atoms with van der Waals surface area (Å²) >= 11 is 0. The zero-order chi connectivity index (χ0) is 40.1. The predicted molar refractivity (Wildman–Crippen MR) is 186 cm³/mol. The monoisotopic (exact) mass is 788 g/mol. The van der Waals surface area contributed by atoms with Crippen LogP contribution in [0.2, 0.25) is 0 Å². The number of urea groups is 1. The van der Waals surface area contributed by atoms with Gasteiger partial charge in [-0.2, -0.15) is 26.3 Å². The maximum atomic E-state index is 14.5. The van der Waals surface area contributed by atoms with Crippen LogP contribution in [0.15, 0.2) is 78.9 Å². The average Bonchev–Trinajstić information content (AvgIpc) is 3.24. The largest absolute Gasteiger partial charge is 0.496 e. The third-order valence-corrected chi connectivity index (χ3v) is 9.07. The first kappa shape index (κ1) is 43.8. The van der Waals surface area contributed by atoms with Gasteiger partial charge in [-0.05, 0) is 30.0 Å². The number of methoxy groups -OCH3 is 3. The van der Waals surface area contributed by atoms with Crippen molar-refractivity contribution in [3.8, 4) is 5.75 Å². The van der Waals surface area contributed by atoms with E-state index in [2.05, 4.69) is 5.32 Å². The molecule has 11 nitrogen and oxygen atoms in total. The van der Waals surface area contributed by atoms with E-state index in [-0.39, 0.29) is 58.4 Å². The highest BCUT2D eigenvalue weighted by Crippen LogP contribution is 2.50. The zero-order valence-electron chi connectivity index (χ0n) is 30.6. The molecule has 0 unspecified atom stereocenters. The molecule has 1 aliphatic rings. The Morgan fingerprint density at radius 2 is 1.24 bits per heavy atom. The highest BCUT2D eigenvalue weighted by molar-refractivity contribution is 5.76. The summed E-state index contributed by atoms with van der Waals surface area (Å²) in [7, 11) is 4.09. The summed E-state index contributed by atoms with van der Waals surface area (Å²) in [4.78, 5) is 15.8. The Morgan fingerprint density at radius 1 is 0.709 bits per heavy atom. The van der Waals surface area contributed by atoms with Crippen LogP contribution < -0.4 is 10.1 Å². The molecule has 0 saturated carbocycles. The van der Waals surface area contributed by atoms with Crippen molar-refractivity contribution in [3.05, 3.63) is 101 Å². The lowest BCUT2D eigenvalue weighted by atomic mass is 9.90. The number of aliphatic hydroxyl groups is 1. The molecule has 0 spiro atoms. The Kier molecular flexibility index (Phi) is 16.1. The first-order valence-electron chi connectivity index (χ1n) is 17.3. The number of nitrogens with one attached hydrogen (secondary N) is 1. The number of benzene rings is 3. The fraction of sp³-hybridized carbons (Fsp3) is 0.500. The molecule has 4 atom stereocenters. The van der Waals surface area contributed by atoms with E-state index in [0.717, 1.165) is 24.3 Å². The first-order chi connectivity index (χ1) is 26.2. The fourth-order valence-corrected chi connectivity index (χ4v) is 6.25. The molecule has 3 aromatic rings. The van der Waals surface area contributed by atoms with E-state index in [1.807, 2.05) is 48.5 Å². The van der Waals surface area contributed by atoms with Crippen LogP contribution in [-0.2, 0) is 53.4 Å². The van der Waals surface area contributed by atoms with E-state index >= 15 is 0 Å². The number of halogens is 6. The van der Waals surface area contributed by atoms with E-state index < -0.39 is 59.6 Å². The second kappa shape index (κ2) is 20.3. The van der Waals surface area contributed by atoms with Crippen LogP contribution in [0.25, 0.3) is 0 Å². The van der Waals surface area contributed by atoms with Crippen LogP contribution in [0.5, 0.6) is 5.75 Å². The van der Waals surface area contributed by atoms with Gasteiger partial charge in [-0.3, -0.25) is 0 Å². The number of alkyl halides is 6. The lowest BCUT2D eigenvalue weighted by Gasteiger charge is -2.38. The Bertz CT molecular complexity index is 1590. The molecule has 1 saturated heterocycles. The van der Waals surface area contributed by atoms with Gasteiger partial charge in [-0.15, -0.1) is 0 Å². The third kappa shape index (κ3) is 11.3. The number of rotatable bonds is 20. The summed E-state index contributed by atoms with van der Waals surface area (Å²) in [5.74, 6) is -0.430. The molecule has 1 fully saturated rings. The molecule has 55 heavy (non-hydrogen) atoms. The summed E-state index contributed by atoms with van der Waals surface area (Å²) < 4.78 is 122. The maximum Gasteiger partial charge on any atom is 0.430 e. The molecular weight excluding hydrogens is 742 g/mol. The summed E-state index contributed by atoms with van der Waals surface area (Å²) in [6.07, 6.45) is -13.6. The molecule has 4 rings (SSSR count). The second-order valence-electron chi connectivity index (χ2n) is 12.7. The van der Waals surface area contributed by atoms with Crippen LogP contribution in [0.4, 0.5) is 31.1 Å². The highest BCUT2D eigenvalue weighted by atomic mass is 19.4. The molecule has 1 heterocycles. The van der Waals surface area contributed by atoms with Gasteiger partial charge in [-0.1, -0.05) is 72.8 Å². The van der Waals surface area contributed by atoms with Gasteiger partial charge in [0.25, 0.3) is 5.60 Å². The third-order valence-electron chi connectivity index (χ3n) is 9.07. The van der Waals surface area contributed by atoms with Crippen LogP contribution >= 0.6 is 0 Å². The van der Waals surface area contributed by atoms with Crippen molar-refractivity contribution < 1.29 is 69.4 Å². The minimum atomic E-state index is -6.12. The van der Waals surface area contributed by atoms with Gasteiger partial charge in [0.1, 0.15) is 31.5 Å². The topological polar surface area (TPSA) is 117 Å². The number of carbonyl (C=O) groups is 1. The number of amides is 2.